The third kappa shape index (κ3) is 5.43. The highest BCUT2D eigenvalue weighted by atomic mass is 32.2. The summed E-state index contributed by atoms with van der Waals surface area (Å²) in [5.41, 5.74) is 1.57. The van der Waals surface area contributed by atoms with Crippen LogP contribution in [0.5, 0.6) is 0 Å². The van der Waals surface area contributed by atoms with Crippen LogP contribution in [0.25, 0.3) is 0 Å². The van der Waals surface area contributed by atoms with Crippen LogP contribution in [0, 0.1) is 18.8 Å². The zero-order valence-electron chi connectivity index (χ0n) is 19.0. The summed E-state index contributed by atoms with van der Waals surface area (Å²) in [7, 11) is 0. The van der Waals surface area contributed by atoms with Crippen LogP contribution in [-0.2, 0) is 14.3 Å². The van der Waals surface area contributed by atoms with Crippen molar-refractivity contribution in [2.45, 2.75) is 58.4 Å². The maximum absolute atomic E-state index is 13.6. The maximum atomic E-state index is 13.6. The van der Waals surface area contributed by atoms with Crippen LogP contribution in [-0.4, -0.2) is 64.4 Å². The first-order chi connectivity index (χ1) is 14.8. The van der Waals surface area contributed by atoms with Crippen LogP contribution in [0.1, 0.15) is 56.0 Å². The van der Waals surface area contributed by atoms with E-state index in [9.17, 15) is 14.4 Å². The number of likely N-dealkylation sites (tertiary alicyclic amines) is 1. The highest BCUT2D eigenvalue weighted by Gasteiger charge is 2.44. The molecule has 2 amide bonds. The fraction of sp³-hybridized carbons (Fsp3) is 0.625. The molecule has 1 aromatic rings. The molecule has 0 saturated carbocycles. The first-order valence-corrected chi connectivity index (χ1v) is 12.3. The van der Waals surface area contributed by atoms with Crippen molar-refractivity contribution in [2.24, 2.45) is 11.8 Å². The van der Waals surface area contributed by atoms with Crippen molar-refractivity contribution in [3.63, 3.8) is 0 Å². The second kappa shape index (κ2) is 10.5. The quantitative estimate of drug-likeness (QED) is 0.623. The van der Waals surface area contributed by atoms with Crippen molar-refractivity contribution in [3.8, 4) is 0 Å². The van der Waals surface area contributed by atoms with Gasteiger partial charge in [0.2, 0.25) is 5.91 Å². The van der Waals surface area contributed by atoms with Crippen LogP contribution in [0.15, 0.2) is 24.3 Å². The van der Waals surface area contributed by atoms with Gasteiger partial charge in [0.05, 0.1) is 17.9 Å². The molecule has 31 heavy (non-hydrogen) atoms. The van der Waals surface area contributed by atoms with E-state index >= 15 is 0 Å². The Hall–Kier alpha value is -2.02. The van der Waals surface area contributed by atoms with Gasteiger partial charge in [0.15, 0.2) is 0 Å². The average Bonchev–Trinajstić information content (AvgIpc) is 3.16. The SMILES string of the molecule is CCOC(=O)C1CCCN(C(=O)C2CSC(CC(C)C)N2C(=O)c2ccccc2C)C1. The summed E-state index contributed by atoms with van der Waals surface area (Å²) < 4.78 is 5.18. The zero-order chi connectivity index (χ0) is 22.5. The van der Waals surface area contributed by atoms with Gasteiger partial charge in [-0.25, -0.2) is 0 Å². The number of hydrogen-bond acceptors (Lipinski definition) is 5. The number of piperidine rings is 1. The molecule has 2 saturated heterocycles. The number of amides is 2. The molecule has 3 atom stereocenters. The summed E-state index contributed by atoms with van der Waals surface area (Å²) in [6, 6.07) is 7.06. The second-order valence-electron chi connectivity index (χ2n) is 8.84. The molecule has 1 aromatic carbocycles. The van der Waals surface area contributed by atoms with Crippen molar-refractivity contribution >= 4 is 29.5 Å². The van der Waals surface area contributed by atoms with Gasteiger partial charge in [0.25, 0.3) is 5.91 Å². The van der Waals surface area contributed by atoms with E-state index in [-0.39, 0.29) is 29.1 Å². The number of rotatable bonds is 6. The largest absolute Gasteiger partial charge is 0.466 e. The molecule has 0 radical (unpaired) electrons. The van der Waals surface area contributed by atoms with Gasteiger partial charge >= 0.3 is 5.97 Å². The molecule has 0 spiro atoms. The molecule has 6 nitrogen and oxygen atoms in total. The van der Waals surface area contributed by atoms with E-state index in [1.54, 1.807) is 23.6 Å². The van der Waals surface area contributed by atoms with E-state index in [0.717, 1.165) is 24.8 Å². The molecule has 2 heterocycles. The number of esters is 1. The zero-order valence-corrected chi connectivity index (χ0v) is 19.8. The minimum Gasteiger partial charge on any atom is -0.466 e. The van der Waals surface area contributed by atoms with Crippen LogP contribution in [0.2, 0.25) is 0 Å². The standard InChI is InChI=1S/C24H34N2O4S/c1-5-30-24(29)18-10-8-12-25(14-18)23(28)20-15-31-21(13-16(2)3)26(20)22(27)19-11-7-6-9-17(19)4/h6-7,9,11,16,18,20-21H,5,8,10,12-15H2,1-4H3. The second-order valence-corrected chi connectivity index (χ2v) is 10.0. The molecule has 0 bridgehead atoms. The summed E-state index contributed by atoms with van der Waals surface area (Å²) in [5, 5.41) is -0.0216. The van der Waals surface area contributed by atoms with Crippen LogP contribution < -0.4 is 0 Å². The number of ether oxygens (including phenoxy) is 1. The van der Waals surface area contributed by atoms with E-state index in [1.807, 2.05) is 36.1 Å². The van der Waals surface area contributed by atoms with Crippen molar-refractivity contribution in [1.82, 2.24) is 9.80 Å². The summed E-state index contributed by atoms with van der Waals surface area (Å²) in [6.07, 6.45) is 2.36. The van der Waals surface area contributed by atoms with Crippen molar-refractivity contribution in [2.75, 3.05) is 25.4 Å². The molecule has 2 aliphatic heterocycles. The molecule has 3 unspecified atom stereocenters. The molecule has 7 heteroatoms. The lowest BCUT2D eigenvalue weighted by Crippen LogP contribution is -2.54. The number of thioether (sulfide) groups is 1. The van der Waals surface area contributed by atoms with Gasteiger partial charge in [-0.1, -0.05) is 32.0 Å². The lowest BCUT2D eigenvalue weighted by molar-refractivity contribution is -0.151. The number of hydrogen-bond donors (Lipinski definition) is 0. The third-order valence-electron chi connectivity index (χ3n) is 6.01. The Kier molecular flexibility index (Phi) is 8.03. The first kappa shape index (κ1) is 23.6. The predicted octanol–water partition coefficient (Wildman–Crippen LogP) is 3.73. The Labute approximate surface area is 189 Å². The molecule has 0 aromatic heterocycles. The molecule has 3 rings (SSSR count). The fourth-order valence-electron chi connectivity index (χ4n) is 4.40. The molecule has 0 aliphatic carbocycles. The summed E-state index contributed by atoms with van der Waals surface area (Å²) in [5.74, 6) is 0.376. The Morgan fingerprint density at radius 2 is 1.97 bits per heavy atom. The minimum absolute atomic E-state index is 0.0216. The van der Waals surface area contributed by atoms with Crippen LogP contribution in [0.3, 0.4) is 0 Å². The minimum atomic E-state index is -0.498. The van der Waals surface area contributed by atoms with Gasteiger partial charge in [0, 0.05) is 24.4 Å². The highest BCUT2D eigenvalue weighted by molar-refractivity contribution is 8.00. The van der Waals surface area contributed by atoms with Gasteiger partial charge in [-0.3, -0.25) is 14.4 Å². The lowest BCUT2D eigenvalue weighted by Gasteiger charge is -2.36. The number of carbonyl (C=O) groups is 3. The number of carbonyl (C=O) groups excluding carboxylic acids is 3. The number of benzene rings is 1. The van der Waals surface area contributed by atoms with Gasteiger partial charge in [-0.05, 0) is 50.7 Å². The van der Waals surface area contributed by atoms with E-state index in [2.05, 4.69) is 13.8 Å². The molecular weight excluding hydrogens is 412 g/mol. The molecule has 2 aliphatic rings. The molecule has 170 valence electrons. The summed E-state index contributed by atoms with van der Waals surface area (Å²) in [4.78, 5) is 42.9. The molecule has 0 N–H and O–H groups in total. The normalized spacial score (nSPS) is 23.8. The van der Waals surface area contributed by atoms with Crippen molar-refractivity contribution < 1.29 is 19.1 Å². The smallest absolute Gasteiger partial charge is 0.310 e. The first-order valence-electron chi connectivity index (χ1n) is 11.3. The van der Waals surface area contributed by atoms with Crippen molar-refractivity contribution in [1.29, 1.82) is 0 Å². The fourth-order valence-corrected chi connectivity index (χ4v) is 6.04. The molecular formula is C24H34N2O4S. The summed E-state index contributed by atoms with van der Waals surface area (Å²) >= 11 is 1.69. The van der Waals surface area contributed by atoms with E-state index < -0.39 is 6.04 Å². The van der Waals surface area contributed by atoms with Crippen molar-refractivity contribution in [3.05, 3.63) is 35.4 Å². The van der Waals surface area contributed by atoms with Gasteiger partial charge in [-0.15, -0.1) is 11.8 Å². The molecule has 2 fully saturated rings. The van der Waals surface area contributed by atoms with Crippen LogP contribution >= 0.6 is 11.8 Å². The van der Waals surface area contributed by atoms with Gasteiger partial charge in [0.1, 0.15) is 6.04 Å². The Bertz CT molecular complexity index is 813. The Balaban J connectivity index is 1.82. The Morgan fingerprint density at radius 1 is 1.23 bits per heavy atom. The van der Waals surface area contributed by atoms with E-state index in [4.69, 9.17) is 4.74 Å². The monoisotopic (exact) mass is 446 g/mol. The van der Waals surface area contributed by atoms with E-state index in [0.29, 0.717) is 36.9 Å². The Morgan fingerprint density at radius 3 is 2.65 bits per heavy atom. The van der Waals surface area contributed by atoms with Gasteiger partial charge in [-0.2, -0.15) is 0 Å². The number of nitrogens with zero attached hydrogens (tertiary/aromatic N) is 2. The predicted molar refractivity (Wildman–Crippen MR) is 123 cm³/mol. The maximum Gasteiger partial charge on any atom is 0.310 e. The summed E-state index contributed by atoms with van der Waals surface area (Å²) in [6.45, 7) is 9.35. The number of aryl methyl sites for hydroxylation is 1. The van der Waals surface area contributed by atoms with Gasteiger partial charge < -0.3 is 14.5 Å². The third-order valence-corrected chi connectivity index (χ3v) is 7.33. The highest BCUT2D eigenvalue weighted by Crippen LogP contribution is 2.36. The van der Waals surface area contributed by atoms with E-state index in [1.165, 1.54) is 0 Å². The topological polar surface area (TPSA) is 66.9 Å². The lowest BCUT2D eigenvalue weighted by atomic mass is 9.97. The van der Waals surface area contributed by atoms with Crippen LogP contribution in [0.4, 0.5) is 0 Å². The average molecular weight is 447 g/mol.